The lowest BCUT2D eigenvalue weighted by atomic mass is 10.1. The highest BCUT2D eigenvalue weighted by molar-refractivity contribution is 5.34. The van der Waals surface area contributed by atoms with Gasteiger partial charge in [-0.15, -0.1) is 0 Å². The molecule has 2 rings (SSSR count). The Morgan fingerprint density at radius 3 is 2.69 bits per heavy atom. The normalized spacial score (nSPS) is 23.6. The van der Waals surface area contributed by atoms with Crippen LogP contribution in [0.15, 0.2) is 18.2 Å². The summed E-state index contributed by atoms with van der Waals surface area (Å²) in [6.45, 7) is -2.40. The van der Waals surface area contributed by atoms with Gasteiger partial charge in [-0.3, -0.25) is 0 Å². The lowest BCUT2D eigenvalue weighted by Crippen LogP contribution is -2.04. The third kappa shape index (κ3) is 2.29. The van der Waals surface area contributed by atoms with E-state index in [4.69, 9.17) is 5.73 Å². The van der Waals surface area contributed by atoms with Crippen molar-refractivity contribution in [2.24, 2.45) is 11.7 Å². The number of hydrogen-bond acceptors (Lipinski definition) is 2. The SMILES string of the molecule is NC[C@@H]1C[C@H]1c1ccc(OC(F)F)cc1F. The zero-order valence-electron chi connectivity index (χ0n) is 8.50. The molecule has 0 aromatic heterocycles. The van der Waals surface area contributed by atoms with Crippen LogP contribution in [0.2, 0.25) is 0 Å². The first-order valence-corrected chi connectivity index (χ1v) is 5.06. The van der Waals surface area contributed by atoms with Crippen LogP contribution in [0, 0.1) is 11.7 Å². The van der Waals surface area contributed by atoms with Crippen LogP contribution in [-0.4, -0.2) is 13.2 Å². The Morgan fingerprint density at radius 1 is 1.44 bits per heavy atom. The molecule has 5 heteroatoms. The van der Waals surface area contributed by atoms with E-state index in [-0.39, 0.29) is 11.7 Å². The van der Waals surface area contributed by atoms with E-state index in [1.807, 2.05) is 0 Å². The van der Waals surface area contributed by atoms with E-state index < -0.39 is 12.4 Å². The Kier molecular flexibility index (Phi) is 3.05. The van der Waals surface area contributed by atoms with Gasteiger partial charge >= 0.3 is 6.61 Å². The molecular weight excluding hydrogens is 219 g/mol. The topological polar surface area (TPSA) is 35.2 Å². The number of ether oxygens (including phenoxy) is 1. The molecule has 16 heavy (non-hydrogen) atoms. The molecule has 88 valence electrons. The van der Waals surface area contributed by atoms with Gasteiger partial charge in [-0.05, 0) is 36.4 Å². The van der Waals surface area contributed by atoms with E-state index in [2.05, 4.69) is 4.74 Å². The third-order valence-corrected chi connectivity index (χ3v) is 2.82. The highest BCUT2D eigenvalue weighted by Crippen LogP contribution is 2.47. The minimum Gasteiger partial charge on any atom is -0.435 e. The van der Waals surface area contributed by atoms with Crippen molar-refractivity contribution in [3.63, 3.8) is 0 Å². The maximum atomic E-state index is 13.5. The minimum absolute atomic E-state index is 0.130. The third-order valence-electron chi connectivity index (χ3n) is 2.82. The average Bonchev–Trinajstić information content (AvgIpc) is 2.96. The molecular formula is C11H12F3NO. The maximum absolute atomic E-state index is 13.5. The predicted octanol–water partition coefficient (Wildman–Crippen LogP) is 2.49. The maximum Gasteiger partial charge on any atom is 0.387 e. The molecule has 2 N–H and O–H groups in total. The fourth-order valence-corrected chi connectivity index (χ4v) is 1.87. The van der Waals surface area contributed by atoms with Gasteiger partial charge < -0.3 is 10.5 Å². The highest BCUT2D eigenvalue weighted by atomic mass is 19.3. The monoisotopic (exact) mass is 231 g/mol. The number of benzene rings is 1. The van der Waals surface area contributed by atoms with E-state index in [0.717, 1.165) is 12.5 Å². The molecule has 0 unspecified atom stereocenters. The number of halogens is 3. The largest absolute Gasteiger partial charge is 0.435 e. The quantitative estimate of drug-likeness (QED) is 0.864. The van der Waals surface area contributed by atoms with Crippen molar-refractivity contribution >= 4 is 0 Å². The smallest absolute Gasteiger partial charge is 0.387 e. The number of hydrogen-bond donors (Lipinski definition) is 1. The molecule has 1 aliphatic carbocycles. The van der Waals surface area contributed by atoms with Crippen molar-refractivity contribution < 1.29 is 17.9 Å². The standard InChI is InChI=1S/C11H12F3NO/c12-10-4-7(16-11(13)14)1-2-8(10)9-3-6(9)5-15/h1-2,4,6,9,11H,3,5,15H2/t6-,9+/m0/s1. The molecule has 1 saturated carbocycles. The summed E-state index contributed by atoms with van der Waals surface area (Å²) in [6.07, 6.45) is 0.864. The van der Waals surface area contributed by atoms with Gasteiger partial charge in [-0.25, -0.2) is 4.39 Å². The summed E-state index contributed by atoms with van der Waals surface area (Å²) in [5.74, 6) is -0.206. The van der Waals surface area contributed by atoms with Gasteiger partial charge in [0.05, 0.1) is 0 Å². The van der Waals surface area contributed by atoms with Crippen LogP contribution in [0.5, 0.6) is 5.75 Å². The van der Waals surface area contributed by atoms with Crippen LogP contribution in [0.3, 0.4) is 0 Å². The second-order valence-corrected chi connectivity index (χ2v) is 3.90. The molecule has 0 bridgehead atoms. The summed E-state index contributed by atoms with van der Waals surface area (Å²) in [4.78, 5) is 0. The first-order chi connectivity index (χ1) is 7.61. The van der Waals surface area contributed by atoms with Gasteiger partial charge in [0.2, 0.25) is 0 Å². The molecule has 0 saturated heterocycles. The van der Waals surface area contributed by atoms with Crippen LogP contribution in [0.4, 0.5) is 13.2 Å². The Morgan fingerprint density at radius 2 is 2.19 bits per heavy atom. The van der Waals surface area contributed by atoms with Crippen LogP contribution in [-0.2, 0) is 0 Å². The first kappa shape index (κ1) is 11.3. The van der Waals surface area contributed by atoms with Crippen molar-refractivity contribution in [3.8, 4) is 5.75 Å². The summed E-state index contributed by atoms with van der Waals surface area (Å²) in [5, 5.41) is 0. The zero-order valence-corrected chi connectivity index (χ0v) is 8.50. The summed E-state index contributed by atoms with van der Waals surface area (Å²) < 4.78 is 41.4. The molecule has 2 atom stereocenters. The fourth-order valence-electron chi connectivity index (χ4n) is 1.87. The van der Waals surface area contributed by atoms with Gasteiger partial charge in [-0.2, -0.15) is 8.78 Å². The molecule has 2 nitrogen and oxygen atoms in total. The van der Waals surface area contributed by atoms with Gasteiger partial charge in [0.1, 0.15) is 11.6 Å². The molecule has 1 aromatic carbocycles. The molecule has 1 aliphatic rings. The Hall–Kier alpha value is -1.23. The molecule has 1 aromatic rings. The average molecular weight is 231 g/mol. The Labute approximate surface area is 91.2 Å². The lowest BCUT2D eigenvalue weighted by Gasteiger charge is -2.07. The summed E-state index contributed by atoms with van der Waals surface area (Å²) in [7, 11) is 0. The molecule has 0 aliphatic heterocycles. The van der Waals surface area contributed by atoms with Crippen molar-refractivity contribution in [3.05, 3.63) is 29.6 Å². The lowest BCUT2D eigenvalue weighted by molar-refractivity contribution is -0.0500. The van der Waals surface area contributed by atoms with Crippen LogP contribution < -0.4 is 10.5 Å². The first-order valence-electron chi connectivity index (χ1n) is 5.06. The molecule has 1 fully saturated rings. The van der Waals surface area contributed by atoms with Gasteiger partial charge in [-0.1, -0.05) is 6.07 Å². The predicted molar refractivity (Wildman–Crippen MR) is 52.9 cm³/mol. The van der Waals surface area contributed by atoms with E-state index in [1.165, 1.54) is 12.1 Å². The summed E-state index contributed by atoms with van der Waals surface area (Å²) in [6, 6.07) is 3.84. The van der Waals surface area contributed by atoms with Crippen molar-refractivity contribution in [2.75, 3.05) is 6.54 Å². The van der Waals surface area contributed by atoms with Crippen LogP contribution in [0.1, 0.15) is 17.9 Å². The fraction of sp³-hybridized carbons (Fsp3) is 0.455. The number of nitrogens with two attached hydrogens (primary N) is 1. The van der Waals surface area contributed by atoms with Crippen molar-refractivity contribution in [1.82, 2.24) is 0 Å². The number of alkyl halides is 2. The van der Waals surface area contributed by atoms with Gasteiger partial charge in [0.25, 0.3) is 0 Å². The Bertz CT molecular complexity index is 383. The van der Waals surface area contributed by atoms with E-state index in [1.54, 1.807) is 0 Å². The van der Waals surface area contributed by atoms with E-state index in [9.17, 15) is 13.2 Å². The molecule has 0 amide bonds. The van der Waals surface area contributed by atoms with Crippen LogP contribution in [0.25, 0.3) is 0 Å². The van der Waals surface area contributed by atoms with Gasteiger partial charge in [0, 0.05) is 6.07 Å². The molecule has 0 radical (unpaired) electrons. The minimum atomic E-state index is -2.93. The van der Waals surface area contributed by atoms with Gasteiger partial charge in [0.15, 0.2) is 0 Å². The van der Waals surface area contributed by atoms with Crippen LogP contribution >= 0.6 is 0 Å². The van der Waals surface area contributed by atoms with E-state index >= 15 is 0 Å². The highest BCUT2D eigenvalue weighted by Gasteiger charge is 2.38. The van der Waals surface area contributed by atoms with Crippen molar-refractivity contribution in [2.45, 2.75) is 19.0 Å². The van der Waals surface area contributed by atoms with E-state index in [0.29, 0.717) is 18.0 Å². The number of rotatable bonds is 4. The Balaban J connectivity index is 2.11. The molecule has 0 heterocycles. The summed E-state index contributed by atoms with van der Waals surface area (Å²) >= 11 is 0. The summed E-state index contributed by atoms with van der Waals surface area (Å²) in [5.41, 5.74) is 6.00. The van der Waals surface area contributed by atoms with Crippen molar-refractivity contribution in [1.29, 1.82) is 0 Å². The molecule has 0 spiro atoms. The second-order valence-electron chi connectivity index (χ2n) is 3.90. The second kappa shape index (κ2) is 4.33. The zero-order chi connectivity index (χ0) is 11.7.